The molecule has 6 heteroatoms. The van der Waals surface area contributed by atoms with Gasteiger partial charge in [-0.2, -0.15) is 0 Å². The number of hydrogen-bond acceptors (Lipinski definition) is 2. The number of primary amides is 1. The molecular formula is C13H16BrFN2O2. The van der Waals surface area contributed by atoms with Crippen molar-refractivity contribution in [1.29, 1.82) is 0 Å². The van der Waals surface area contributed by atoms with Gasteiger partial charge < -0.3 is 11.1 Å². The molecule has 19 heavy (non-hydrogen) atoms. The molecule has 4 nitrogen and oxygen atoms in total. The molecule has 0 fully saturated rings. The van der Waals surface area contributed by atoms with Crippen LogP contribution in [0.5, 0.6) is 0 Å². The largest absolute Gasteiger partial charge is 0.370 e. The second-order valence-electron chi connectivity index (χ2n) is 4.16. The maximum Gasteiger partial charge on any atom is 0.220 e. The van der Waals surface area contributed by atoms with Crippen LogP contribution in [0.4, 0.5) is 4.39 Å². The van der Waals surface area contributed by atoms with Crippen LogP contribution in [0, 0.1) is 5.82 Å². The zero-order valence-electron chi connectivity index (χ0n) is 10.4. The smallest absolute Gasteiger partial charge is 0.220 e. The third-order valence-corrected chi connectivity index (χ3v) is 3.05. The van der Waals surface area contributed by atoms with E-state index in [1.54, 1.807) is 12.1 Å². The SMILES string of the molecule is NC(=O)CCCNC(=O)CCc1ccc(Br)cc1F. The van der Waals surface area contributed by atoms with Gasteiger partial charge in [0.1, 0.15) is 5.82 Å². The van der Waals surface area contributed by atoms with E-state index in [1.165, 1.54) is 6.07 Å². The van der Waals surface area contributed by atoms with Crippen LogP contribution in [0.3, 0.4) is 0 Å². The van der Waals surface area contributed by atoms with Crippen molar-refractivity contribution in [3.05, 3.63) is 34.1 Å². The summed E-state index contributed by atoms with van der Waals surface area (Å²) in [5.41, 5.74) is 5.49. The van der Waals surface area contributed by atoms with Crippen molar-refractivity contribution in [1.82, 2.24) is 5.32 Å². The topological polar surface area (TPSA) is 72.2 Å². The lowest BCUT2D eigenvalue weighted by atomic mass is 10.1. The Bertz CT molecular complexity index is 466. The average molecular weight is 331 g/mol. The van der Waals surface area contributed by atoms with Crippen LogP contribution in [0.1, 0.15) is 24.8 Å². The van der Waals surface area contributed by atoms with E-state index in [2.05, 4.69) is 21.2 Å². The molecule has 0 saturated carbocycles. The Hall–Kier alpha value is -1.43. The van der Waals surface area contributed by atoms with Gasteiger partial charge in [-0.25, -0.2) is 4.39 Å². The summed E-state index contributed by atoms with van der Waals surface area (Å²) in [6, 6.07) is 4.77. The van der Waals surface area contributed by atoms with Crippen molar-refractivity contribution in [2.45, 2.75) is 25.7 Å². The number of hydrogen-bond donors (Lipinski definition) is 2. The summed E-state index contributed by atoms with van der Waals surface area (Å²) < 4.78 is 14.2. The van der Waals surface area contributed by atoms with Gasteiger partial charge in [0.05, 0.1) is 0 Å². The van der Waals surface area contributed by atoms with Gasteiger partial charge in [-0.1, -0.05) is 22.0 Å². The number of rotatable bonds is 7. The van der Waals surface area contributed by atoms with Crippen molar-refractivity contribution in [2.24, 2.45) is 5.73 Å². The van der Waals surface area contributed by atoms with Crippen molar-refractivity contribution in [3.63, 3.8) is 0 Å². The Kier molecular flexibility index (Phi) is 6.49. The summed E-state index contributed by atoms with van der Waals surface area (Å²) >= 11 is 3.17. The Labute approximate surface area is 119 Å². The summed E-state index contributed by atoms with van der Waals surface area (Å²) in [6.07, 6.45) is 1.34. The number of aryl methyl sites for hydroxylation is 1. The van der Waals surface area contributed by atoms with E-state index >= 15 is 0 Å². The first kappa shape index (κ1) is 15.6. The van der Waals surface area contributed by atoms with Crippen LogP contribution < -0.4 is 11.1 Å². The van der Waals surface area contributed by atoms with Crippen molar-refractivity contribution in [2.75, 3.05) is 6.54 Å². The molecule has 0 saturated heterocycles. The second-order valence-corrected chi connectivity index (χ2v) is 5.07. The van der Waals surface area contributed by atoms with Gasteiger partial charge in [0.2, 0.25) is 11.8 Å². The third-order valence-electron chi connectivity index (χ3n) is 2.56. The van der Waals surface area contributed by atoms with Crippen molar-refractivity contribution in [3.8, 4) is 0 Å². The Morgan fingerprint density at radius 1 is 1.32 bits per heavy atom. The molecule has 2 amide bonds. The Morgan fingerprint density at radius 3 is 2.68 bits per heavy atom. The summed E-state index contributed by atoms with van der Waals surface area (Å²) in [6.45, 7) is 0.407. The number of carbonyl (C=O) groups is 2. The second kappa shape index (κ2) is 7.89. The molecule has 0 aliphatic carbocycles. The summed E-state index contributed by atoms with van der Waals surface area (Å²) in [4.78, 5) is 22.0. The fourth-order valence-corrected chi connectivity index (χ4v) is 1.88. The zero-order chi connectivity index (χ0) is 14.3. The Balaban J connectivity index is 2.28. The lowest BCUT2D eigenvalue weighted by molar-refractivity contribution is -0.121. The number of nitrogens with two attached hydrogens (primary N) is 1. The highest BCUT2D eigenvalue weighted by Gasteiger charge is 2.06. The fourth-order valence-electron chi connectivity index (χ4n) is 1.55. The molecule has 104 valence electrons. The molecule has 0 atom stereocenters. The first-order valence-corrected chi connectivity index (χ1v) is 6.77. The minimum absolute atomic E-state index is 0.160. The molecule has 0 spiro atoms. The van der Waals surface area contributed by atoms with Gasteiger partial charge in [0.15, 0.2) is 0 Å². The Morgan fingerprint density at radius 2 is 2.05 bits per heavy atom. The quantitative estimate of drug-likeness (QED) is 0.749. The molecule has 1 aromatic carbocycles. The number of halogens is 2. The van der Waals surface area contributed by atoms with Gasteiger partial charge in [0.25, 0.3) is 0 Å². The molecule has 0 heterocycles. The van der Waals surface area contributed by atoms with Gasteiger partial charge in [-0.05, 0) is 30.5 Å². The van der Waals surface area contributed by atoms with Crippen LogP contribution in [0.2, 0.25) is 0 Å². The number of amides is 2. The summed E-state index contributed by atoms with van der Waals surface area (Å²) in [5.74, 6) is -0.867. The van der Waals surface area contributed by atoms with Crippen LogP contribution in [-0.4, -0.2) is 18.4 Å². The first-order chi connectivity index (χ1) is 8.99. The predicted molar refractivity (Wildman–Crippen MR) is 73.9 cm³/mol. The third kappa shape index (κ3) is 6.33. The molecule has 0 aliphatic heterocycles. The molecule has 0 radical (unpaired) electrons. The molecule has 0 aromatic heterocycles. The van der Waals surface area contributed by atoms with E-state index in [-0.39, 0.29) is 30.5 Å². The normalized spacial score (nSPS) is 10.2. The molecule has 1 rings (SSSR count). The van der Waals surface area contributed by atoms with E-state index in [0.717, 1.165) is 0 Å². The molecule has 0 bridgehead atoms. The maximum absolute atomic E-state index is 13.5. The summed E-state index contributed by atoms with van der Waals surface area (Å²) in [5, 5.41) is 2.66. The van der Waals surface area contributed by atoms with Crippen LogP contribution in [0.25, 0.3) is 0 Å². The van der Waals surface area contributed by atoms with E-state index in [9.17, 15) is 14.0 Å². The number of nitrogens with one attached hydrogen (secondary N) is 1. The van der Waals surface area contributed by atoms with Crippen molar-refractivity contribution >= 4 is 27.7 Å². The van der Waals surface area contributed by atoms with E-state index < -0.39 is 0 Å². The fraction of sp³-hybridized carbons (Fsp3) is 0.385. The molecule has 3 N–H and O–H groups in total. The van der Waals surface area contributed by atoms with Gasteiger partial charge in [-0.15, -0.1) is 0 Å². The zero-order valence-corrected chi connectivity index (χ0v) is 12.0. The molecule has 0 unspecified atom stereocenters. The van der Waals surface area contributed by atoms with E-state index in [1.807, 2.05) is 0 Å². The average Bonchev–Trinajstić information content (AvgIpc) is 2.33. The van der Waals surface area contributed by atoms with Gasteiger partial charge >= 0.3 is 0 Å². The molecule has 1 aromatic rings. The van der Waals surface area contributed by atoms with E-state index in [0.29, 0.717) is 29.4 Å². The molecule has 0 aliphatic rings. The molecular weight excluding hydrogens is 315 g/mol. The van der Waals surface area contributed by atoms with Crippen LogP contribution in [-0.2, 0) is 16.0 Å². The van der Waals surface area contributed by atoms with Crippen LogP contribution in [0.15, 0.2) is 22.7 Å². The van der Waals surface area contributed by atoms with Gasteiger partial charge in [0, 0.05) is 23.9 Å². The first-order valence-electron chi connectivity index (χ1n) is 5.98. The minimum atomic E-state index is -0.383. The summed E-state index contributed by atoms with van der Waals surface area (Å²) in [7, 11) is 0. The monoisotopic (exact) mass is 330 g/mol. The lowest BCUT2D eigenvalue weighted by Gasteiger charge is -2.05. The number of benzene rings is 1. The van der Waals surface area contributed by atoms with Gasteiger partial charge in [-0.3, -0.25) is 9.59 Å². The highest BCUT2D eigenvalue weighted by Crippen LogP contribution is 2.16. The highest BCUT2D eigenvalue weighted by molar-refractivity contribution is 9.10. The standard InChI is InChI=1S/C13H16BrFN2O2/c14-10-5-3-9(11(15)8-10)4-6-13(19)17-7-1-2-12(16)18/h3,5,8H,1-2,4,6-7H2,(H2,16,18)(H,17,19). The highest BCUT2D eigenvalue weighted by atomic mass is 79.9. The maximum atomic E-state index is 13.5. The number of carbonyl (C=O) groups excluding carboxylic acids is 2. The van der Waals surface area contributed by atoms with E-state index in [4.69, 9.17) is 5.73 Å². The predicted octanol–water partition coefficient (Wildman–Crippen LogP) is 1.90. The van der Waals surface area contributed by atoms with Crippen LogP contribution >= 0.6 is 15.9 Å². The van der Waals surface area contributed by atoms with Crippen molar-refractivity contribution < 1.29 is 14.0 Å². The lowest BCUT2D eigenvalue weighted by Crippen LogP contribution is -2.25. The minimum Gasteiger partial charge on any atom is -0.370 e.